The third-order valence-electron chi connectivity index (χ3n) is 5.06. The molecular formula is C19H26N4OS. The van der Waals surface area contributed by atoms with E-state index in [1.807, 2.05) is 35.0 Å². The minimum atomic E-state index is -0.0264. The molecule has 0 aliphatic carbocycles. The van der Waals surface area contributed by atoms with Gasteiger partial charge in [0.2, 0.25) is 0 Å². The van der Waals surface area contributed by atoms with Crippen LogP contribution in [0.2, 0.25) is 0 Å². The highest BCUT2D eigenvalue weighted by Crippen LogP contribution is 2.17. The van der Waals surface area contributed by atoms with Gasteiger partial charge >= 0.3 is 0 Å². The summed E-state index contributed by atoms with van der Waals surface area (Å²) < 4.78 is 2.51. The van der Waals surface area contributed by atoms with Gasteiger partial charge in [0, 0.05) is 36.2 Å². The number of nitrogens with one attached hydrogen (secondary N) is 2. The molecule has 0 saturated carbocycles. The lowest BCUT2D eigenvalue weighted by Gasteiger charge is -2.35. The van der Waals surface area contributed by atoms with Crippen molar-refractivity contribution < 1.29 is 4.79 Å². The van der Waals surface area contributed by atoms with Crippen LogP contribution in [-0.4, -0.2) is 46.0 Å². The first kappa shape index (κ1) is 17.9. The van der Waals surface area contributed by atoms with E-state index >= 15 is 0 Å². The number of piperidine rings is 1. The van der Waals surface area contributed by atoms with Gasteiger partial charge in [-0.25, -0.2) is 0 Å². The van der Waals surface area contributed by atoms with Crippen LogP contribution in [-0.2, 0) is 0 Å². The number of amides is 1. The SMILES string of the molecule is CC1CCN([C@H](C)CNC(=O)c2ccc(-n3cc[nH]c3=S)cc2)CC1. The van der Waals surface area contributed by atoms with Crippen LogP contribution in [0.25, 0.3) is 5.69 Å². The molecule has 1 aliphatic heterocycles. The first-order valence-electron chi connectivity index (χ1n) is 8.93. The Morgan fingerprint density at radius 1 is 1.32 bits per heavy atom. The van der Waals surface area contributed by atoms with Crippen LogP contribution in [0.1, 0.15) is 37.0 Å². The number of H-pyrrole nitrogens is 1. The predicted octanol–water partition coefficient (Wildman–Crippen LogP) is 3.39. The second-order valence-corrected chi connectivity index (χ2v) is 7.35. The largest absolute Gasteiger partial charge is 0.350 e. The first-order valence-corrected chi connectivity index (χ1v) is 9.34. The van der Waals surface area contributed by atoms with Crippen molar-refractivity contribution in [2.24, 2.45) is 5.92 Å². The molecule has 1 aliphatic rings. The van der Waals surface area contributed by atoms with Crippen LogP contribution in [0, 0.1) is 10.7 Å². The Morgan fingerprint density at radius 2 is 2.00 bits per heavy atom. The molecule has 2 heterocycles. The molecule has 6 heteroatoms. The van der Waals surface area contributed by atoms with Crippen molar-refractivity contribution in [2.45, 2.75) is 32.7 Å². The maximum atomic E-state index is 12.4. The summed E-state index contributed by atoms with van der Waals surface area (Å²) >= 11 is 5.21. The number of hydrogen-bond acceptors (Lipinski definition) is 3. The molecule has 3 rings (SSSR count). The van der Waals surface area contributed by atoms with Gasteiger partial charge in [-0.05, 0) is 75.3 Å². The maximum Gasteiger partial charge on any atom is 0.251 e. The minimum Gasteiger partial charge on any atom is -0.350 e. The molecule has 2 N–H and O–H groups in total. The number of rotatable bonds is 5. The monoisotopic (exact) mass is 358 g/mol. The molecule has 2 aromatic rings. The molecule has 0 bridgehead atoms. The number of carbonyl (C=O) groups excluding carboxylic acids is 1. The van der Waals surface area contributed by atoms with Crippen LogP contribution < -0.4 is 5.32 Å². The van der Waals surface area contributed by atoms with Gasteiger partial charge in [-0.2, -0.15) is 0 Å². The standard InChI is InChI=1S/C19H26N4OS/c1-14-7-10-22(11-8-14)15(2)13-21-18(24)16-3-5-17(6-4-16)23-12-9-20-19(23)25/h3-6,9,12,14-15H,7-8,10-11,13H2,1-2H3,(H,20,25)(H,21,24)/t15-/m1/s1. The highest BCUT2D eigenvalue weighted by molar-refractivity contribution is 7.71. The molecule has 134 valence electrons. The number of hydrogen-bond donors (Lipinski definition) is 2. The molecule has 5 nitrogen and oxygen atoms in total. The Bertz CT molecular complexity index is 756. The number of likely N-dealkylation sites (tertiary alicyclic amines) is 1. The predicted molar refractivity (Wildman–Crippen MR) is 103 cm³/mol. The molecule has 25 heavy (non-hydrogen) atoms. The van der Waals surface area contributed by atoms with Crippen molar-refractivity contribution in [3.8, 4) is 5.69 Å². The van der Waals surface area contributed by atoms with E-state index < -0.39 is 0 Å². The Balaban J connectivity index is 1.54. The van der Waals surface area contributed by atoms with Crippen molar-refractivity contribution in [2.75, 3.05) is 19.6 Å². The van der Waals surface area contributed by atoms with Gasteiger partial charge in [0.25, 0.3) is 5.91 Å². The van der Waals surface area contributed by atoms with Gasteiger partial charge in [-0.1, -0.05) is 6.92 Å². The maximum absolute atomic E-state index is 12.4. The number of benzene rings is 1. The number of carbonyl (C=O) groups is 1. The fourth-order valence-corrected chi connectivity index (χ4v) is 3.47. The fourth-order valence-electron chi connectivity index (χ4n) is 3.24. The third kappa shape index (κ3) is 4.38. The van der Waals surface area contributed by atoms with Gasteiger partial charge in [0.05, 0.1) is 0 Å². The lowest BCUT2D eigenvalue weighted by atomic mass is 9.98. The first-order chi connectivity index (χ1) is 12.0. The summed E-state index contributed by atoms with van der Waals surface area (Å²) in [5.74, 6) is 0.798. The van der Waals surface area contributed by atoms with Crippen LogP contribution >= 0.6 is 12.2 Å². The van der Waals surface area contributed by atoms with Gasteiger partial charge in [0.1, 0.15) is 0 Å². The molecule has 1 atom stereocenters. The van der Waals surface area contributed by atoms with Gasteiger partial charge in [-0.3, -0.25) is 14.3 Å². The summed E-state index contributed by atoms with van der Waals surface area (Å²) in [6, 6.07) is 7.87. The highest BCUT2D eigenvalue weighted by atomic mass is 32.1. The van der Waals surface area contributed by atoms with Gasteiger partial charge in [0.15, 0.2) is 4.77 Å². The zero-order chi connectivity index (χ0) is 17.8. The van der Waals surface area contributed by atoms with E-state index in [1.165, 1.54) is 12.8 Å². The zero-order valence-corrected chi connectivity index (χ0v) is 15.7. The Hall–Kier alpha value is -1.92. The van der Waals surface area contributed by atoms with Crippen molar-refractivity contribution in [3.05, 3.63) is 47.0 Å². The number of aromatic nitrogens is 2. The van der Waals surface area contributed by atoms with Crippen molar-refractivity contribution in [3.63, 3.8) is 0 Å². The lowest BCUT2D eigenvalue weighted by Crippen LogP contribution is -2.45. The van der Waals surface area contributed by atoms with Crippen LogP contribution in [0.3, 0.4) is 0 Å². The average molecular weight is 359 g/mol. The molecule has 1 saturated heterocycles. The Morgan fingerprint density at radius 3 is 2.60 bits per heavy atom. The van der Waals surface area contributed by atoms with E-state index in [4.69, 9.17) is 12.2 Å². The summed E-state index contributed by atoms with van der Waals surface area (Å²) in [7, 11) is 0. The normalized spacial score (nSPS) is 17.4. The van der Waals surface area contributed by atoms with Crippen molar-refractivity contribution in [1.29, 1.82) is 0 Å². The number of aromatic amines is 1. The topological polar surface area (TPSA) is 53.1 Å². The van der Waals surface area contributed by atoms with Crippen LogP contribution in [0.5, 0.6) is 0 Å². The van der Waals surface area contributed by atoms with Crippen LogP contribution in [0.15, 0.2) is 36.7 Å². The molecule has 1 aromatic heterocycles. The van der Waals surface area contributed by atoms with E-state index in [1.54, 1.807) is 6.20 Å². The van der Waals surface area contributed by atoms with E-state index in [-0.39, 0.29) is 5.91 Å². The summed E-state index contributed by atoms with van der Waals surface area (Å²) in [6.45, 7) is 7.44. The van der Waals surface area contributed by atoms with Gasteiger partial charge < -0.3 is 10.3 Å². The average Bonchev–Trinajstić information content (AvgIpc) is 3.06. The molecule has 1 fully saturated rings. The minimum absolute atomic E-state index is 0.0264. The quantitative estimate of drug-likeness (QED) is 0.806. The highest BCUT2D eigenvalue weighted by Gasteiger charge is 2.20. The summed E-state index contributed by atoms with van der Waals surface area (Å²) in [4.78, 5) is 17.8. The second kappa shape index (κ2) is 7.97. The Kier molecular flexibility index (Phi) is 5.71. The number of imidazole rings is 1. The smallest absolute Gasteiger partial charge is 0.251 e. The van der Waals surface area contributed by atoms with E-state index in [0.717, 1.165) is 24.7 Å². The lowest BCUT2D eigenvalue weighted by molar-refractivity contribution is 0.0921. The summed E-state index contributed by atoms with van der Waals surface area (Å²) in [6.07, 6.45) is 6.17. The van der Waals surface area contributed by atoms with E-state index in [9.17, 15) is 4.79 Å². The van der Waals surface area contributed by atoms with Gasteiger partial charge in [-0.15, -0.1) is 0 Å². The zero-order valence-electron chi connectivity index (χ0n) is 14.9. The van der Waals surface area contributed by atoms with Crippen LogP contribution in [0.4, 0.5) is 0 Å². The molecule has 1 amide bonds. The molecule has 0 radical (unpaired) electrons. The fraction of sp³-hybridized carbons (Fsp3) is 0.474. The molecule has 0 unspecified atom stereocenters. The van der Waals surface area contributed by atoms with E-state index in [0.29, 0.717) is 22.9 Å². The molecule has 1 aromatic carbocycles. The Labute approximate surface area is 154 Å². The third-order valence-corrected chi connectivity index (χ3v) is 5.37. The molecular weight excluding hydrogens is 332 g/mol. The molecule has 0 spiro atoms. The van der Waals surface area contributed by atoms with E-state index in [2.05, 4.69) is 29.0 Å². The second-order valence-electron chi connectivity index (χ2n) is 6.96. The number of nitrogens with zero attached hydrogens (tertiary/aromatic N) is 2. The summed E-state index contributed by atoms with van der Waals surface area (Å²) in [5.41, 5.74) is 1.61. The summed E-state index contributed by atoms with van der Waals surface area (Å²) in [5, 5.41) is 3.06. The van der Waals surface area contributed by atoms with Crippen molar-refractivity contribution in [1.82, 2.24) is 19.8 Å². The van der Waals surface area contributed by atoms with Crippen molar-refractivity contribution >= 4 is 18.1 Å².